The van der Waals surface area contributed by atoms with E-state index in [0.717, 1.165) is 15.7 Å². The minimum absolute atomic E-state index is 0.131. The molecule has 0 radical (unpaired) electrons. The van der Waals surface area contributed by atoms with Crippen LogP contribution in [-0.2, 0) is 0 Å². The van der Waals surface area contributed by atoms with Crippen LogP contribution in [0, 0.1) is 0 Å². The maximum atomic E-state index is 10.1. The monoisotopic (exact) mass is 746 g/mol. The predicted octanol–water partition coefficient (Wildman–Crippen LogP) is 14.3. The minimum Gasteiger partial charge on any atom is -0.309 e. The molecule has 0 N–H and O–H groups in total. The van der Waals surface area contributed by atoms with Crippen molar-refractivity contribution in [2.45, 2.75) is 0 Å². The maximum absolute atomic E-state index is 10.1. The summed E-state index contributed by atoms with van der Waals surface area (Å²) in [7, 11) is 0. The van der Waals surface area contributed by atoms with E-state index in [4.69, 9.17) is 11.0 Å². The summed E-state index contributed by atoms with van der Waals surface area (Å²) >= 11 is 0. The fourth-order valence-corrected chi connectivity index (χ4v) is 7.76. The minimum atomic E-state index is -0.880. The van der Waals surface area contributed by atoms with E-state index in [1.54, 1.807) is 54.6 Å². The highest BCUT2D eigenvalue weighted by Gasteiger charge is 2.20. The average Bonchev–Trinajstić information content (AvgIpc) is 3.66. The smallest absolute Gasteiger partial charge is 0.0645 e. The Hall–Kier alpha value is -7.62. The quantitative estimate of drug-likeness (QED) is 0.167. The number of fused-ring (bicyclic) bond motifs is 9. The van der Waals surface area contributed by atoms with Crippen molar-refractivity contribution in [3.8, 4) is 39.3 Å². The van der Waals surface area contributed by atoms with Gasteiger partial charge in [0.05, 0.1) is 67.6 Å². The van der Waals surface area contributed by atoms with Gasteiger partial charge in [-0.1, -0.05) is 133 Å². The van der Waals surface area contributed by atoms with Gasteiger partial charge < -0.3 is 13.7 Å². The number of aromatic nitrogens is 3. The molecule has 0 fully saturated rings. The Labute approximate surface area is 359 Å². The van der Waals surface area contributed by atoms with E-state index in [0.29, 0.717) is 5.69 Å². The highest BCUT2D eigenvalue weighted by Crippen LogP contribution is 2.42. The first-order valence-electron chi connectivity index (χ1n) is 28.4. The third-order valence-electron chi connectivity index (χ3n) is 10.2. The molecule has 0 atom stereocenters. The Morgan fingerprint density at radius 1 is 0.298 bits per heavy atom. The van der Waals surface area contributed by atoms with Gasteiger partial charge in [-0.15, -0.1) is 0 Å². The van der Waals surface area contributed by atoms with Gasteiger partial charge in [0.2, 0.25) is 0 Å². The molecule has 3 heteroatoms. The second kappa shape index (κ2) is 12.5. The van der Waals surface area contributed by atoms with Crippen LogP contribution in [-0.4, -0.2) is 13.7 Å². The summed E-state index contributed by atoms with van der Waals surface area (Å²) < 4.78 is 199. The molecule has 0 amide bonds. The van der Waals surface area contributed by atoms with Crippen LogP contribution < -0.4 is 0 Å². The number of nitrogens with zero attached hydrogens (tertiary/aromatic N) is 3. The normalized spacial score (nSPS) is 17.0. The molecular formula is C54H35N3. The molecule has 0 spiro atoms. The summed E-state index contributed by atoms with van der Waals surface area (Å²) in [6.07, 6.45) is 0. The third kappa shape index (κ3) is 4.79. The molecule has 57 heavy (non-hydrogen) atoms. The van der Waals surface area contributed by atoms with Crippen molar-refractivity contribution in [2.24, 2.45) is 0 Å². The molecule has 3 heterocycles. The molecule has 12 aromatic rings. The lowest BCUT2D eigenvalue weighted by Gasteiger charge is -2.12. The van der Waals surface area contributed by atoms with Crippen molar-refractivity contribution in [1.82, 2.24) is 13.7 Å². The van der Waals surface area contributed by atoms with Crippen LogP contribution in [0.4, 0.5) is 0 Å². The van der Waals surface area contributed by atoms with Crippen molar-refractivity contribution >= 4 is 65.4 Å². The Balaban J connectivity index is 1.27. The predicted molar refractivity (Wildman–Crippen MR) is 240 cm³/mol. The van der Waals surface area contributed by atoms with Crippen molar-refractivity contribution in [2.75, 3.05) is 0 Å². The molecule has 0 aliphatic rings. The van der Waals surface area contributed by atoms with Gasteiger partial charge in [-0.05, 0) is 101 Å². The number of para-hydroxylation sites is 4. The number of rotatable bonds is 5. The van der Waals surface area contributed by atoms with E-state index in [1.807, 2.05) is 30.3 Å². The fraction of sp³-hybridized carbons (Fsp3) is 0. The van der Waals surface area contributed by atoms with Gasteiger partial charge >= 0.3 is 0 Å². The summed E-state index contributed by atoms with van der Waals surface area (Å²) in [4.78, 5) is 0. The number of hydrogen-bond acceptors (Lipinski definition) is 0. The van der Waals surface area contributed by atoms with E-state index in [9.17, 15) is 17.8 Å². The molecule has 9 aromatic carbocycles. The van der Waals surface area contributed by atoms with Crippen LogP contribution in [0.5, 0.6) is 0 Å². The zero-order chi connectivity index (χ0) is 55.7. The first kappa shape index (κ1) is 17.5. The third-order valence-corrected chi connectivity index (χ3v) is 10.2. The summed E-state index contributed by atoms with van der Waals surface area (Å²) in [5, 5.41) is -1.92. The van der Waals surface area contributed by atoms with E-state index in [2.05, 4.69) is 0 Å². The van der Waals surface area contributed by atoms with Crippen LogP contribution in [0.2, 0.25) is 0 Å². The van der Waals surface area contributed by atoms with Crippen LogP contribution >= 0.6 is 0 Å². The average molecular weight is 747 g/mol. The molecule has 266 valence electrons. The lowest BCUT2D eigenvalue weighted by atomic mass is 10.0. The van der Waals surface area contributed by atoms with E-state index >= 15 is 0 Å². The zero-order valence-electron chi connectivity index (χ0n) is 50.4. The van der Waals surface area contributed by atoms with Crippen LogP contribution in [0.1, 0.15) is 28.8 Å². The van der Waals surface area contributed by atoms with Gasteiger partial charge in [-0.2, -0.15) is 0 Å². The van der Waals surface area contributed by atoms with Gasteiger partial charge in [0.1, 0.15) is 0 Å². The Morgan fingerprint density at radius 2 is 0.754 bits per heavy atom. The van der Waals surface area contributed by atoms with Crippen molar-refractivity contribution in [3.63, 3.8) is 0 Å². The summed E-state index contributed by atoms with van der Waals surface area (Å²) in [5.41, 5.74) is -1.24. The van der Waals surface area contributed by atoms with Gasteiger partial charge in [0, 0.05) is 43.7 Å². The SMILES string of the molecule is [2H]c1c([2H])c([2H])c2c(c1[2H])c1c([2H])c(-c3c([2H])c([2H])c4c(c3[2H])c3c([2H])c([2H])c([2H])c([2H])c3n4-c3c([2H])c([2H])c([2H])c4c3c3c([2H])c([2H])c([2H])c([2H])c3n4-c3ccc(-c4ccccc4)cc3)c([2H])c([2H])c1n2-c1ccccc1. The van der Waals surface area contributed by atoms with Crippen LogP contribution in [0.25, 0.3) is 105 Å². The molecule has 3 aromatic heterocycles. The lowest BCUT2D eigenvalue weighted by Crippen LogP contribution is -1.96. The Morgan fingerprint density at radius 3 is 1.40 bits per heavy atom. The second-order valence-corrected chi connectivity index (χ2v) is 13.3. The van der Waals surface area contributed by atoms with E-state index in [1.165, 1.54) is 9.13 Å². The molecule has 0 unspecified atom stereocenters. The molecule has 0 aliphatic carbocycles. The van der Waals surface area contributed by atoms with E-state index < -0.39 is 166 Å². The van der Waals surface area contributed by atoms with Crippen LogP contribution in [0.15, 0.2) is 212 Å². The highest BCUT2D eigenvalue weighted by molar-refractivity contribution is 6.17. The Bertz CT molecular complexity index is 4720. The van der Waals surface area contributed by atoms with Crippen LogP contribution in [0.3, 0.4) is 0 Å². The lowest BCUT2D eigenvalue weighted by molar-refractivity contribution is 1.17. The summed E-state index contributed by atoms with van der Waals surface area (Å²) in [6, 6.07) is 9.46. The van der Waals surface area contributed by atoms with Gasteiger partial charge in [0.15, 0.2) is 0 Å². The standard InChI is InChI=1S/C54H35N3/c1-3-14-36(15-4-1)37-26-30-41(31-27-37)56-49-23-12-9-20-44(49)54-52(56)24-13-25-53(54)57-48-22-11-8-19-43(48)46-35-39(29-33-51(46)57)38-28-32-50-45(34-38)42-18-7-10-21-47(42)55(50)40-16-5-2-6-17-40/h1-35H/i7D,8D,9D,10D,11D,12D,13D,18D,19D,20D,21D,22D,23D,24D,25D,28D,29D,32D,33D,34D,35D. The van der Waals surface area contributed by atoms with Crippen molar-refractivity contribution in [3.05, 3.63) is 212 Å². The molecule has 0 aliphatic heterocycles. The topological polar surface area (TPSA) is 14.8 Å². The largest absolute Gasteiger partial charge is 0.309 e. The van der Waals surface area contributed by atoms with E-state index in [-0.39, 0.29) is 49.3 Å². The molecule has 12 rings (SSSR count). The van der Waals surface area contributed by atoms with Crippen molar-refractivity contribution < 1.29 is 28.8 Å². The van der Waals surface area contributed by atoms with Crippen molar-refractivity contribution in [1.29, 1.82) is 0 Å². The molecule has 0 saturated carbocycles. The zero-order valence-corrected chi connectivity index (χ0v) is 29.4. The molecule has 3 nitrogen and oxygen atoms in total. The second-order valence-electron chi connectivity index (χ2n) is 13.3. The first-order valence-corrected chi connectivity index (χ1v) is 17.9. The fourth-order valence-electron chi connectivity index (χ4n) is 7.76. The Kier molecular flexibility index (Phi) is 3.81. The highest BCUT2D eigenvalue weighted by atomic mass is 15.0. The van der Waals surface area contributed by atoms with Gasteiger partial charge in [-0.25, -0.2) is 0 Å². The van der Waals surface area contributed by atoms with Gasteiger partial charge in [-0.3, -0.25) is 0 Å². The first-order chi connectivity index (χ1) is 37.1. The summed E-state index contributed by atoms with van der Waals surface area (Å²) in [5.74, 6) is 0. The number of hydrogen-bond donors (Lipinski definition) is 0. The van der Waals surface area contributed by atoms with Gasteiger partial charge in [0.25, 0.3) is 0 Å². The molecular weight excluding hydrogens is 691 g/mol. The molecule has 0 bridgehead atoms. The molecule has 0 saturated heterocycles. The number of benzene rings is 9. The summed E-state index contributed by atoms with van der Waals surface area (Å²) in [6.45, 7) is 0. The maximum Gasteiger partial charge on any atom is 0.0645 e.